The third kappa shape index (κ3) is 4.93. The van der Waals surface area contributed by atoms with Gasteiger partial charge in [-0.05, 0) is 43.5 Å². The second-order valence-corrected chi connectivity index (χ2v) is 9.63. The van der Waals surface area contributed by atoms with Gasteiger partial charge in [0.05, 0.1) is 10.8 Å². The summed E-state index contributed by atoms with van der Waals surface area (Å²) >= 11 is 0. The summed E-state index contributed by atoms with van der Waals surface area (Å²) in [5.41, 5.74) is 1.79. The number of rotatable bonds is 6. The van der Waals surface area contributed by atoms with Crippen molar-refractivity contribution in [1.82, 2.24) is 14.4 Å². The first-order valence-corrected chi connectivity index (χ1v) is 11.7. The first-order chi connectivity index (χ1) is 15.8. The highest BCUT2D eigenvalue weighted by Crippen LogP contribution is 2.26. The molecule has 0 unspecified atom stereocenters. The molecule has 1 aliphatic heterocycles. The molecule has 3 aromatic rings. The summed E-state index contributed by atoms with van der Waals surface area (Å²) in [7, 11) is -3.99. The number of ether oxygens (including phenoxy) is 1. The van der Waals surface area contributed by atoms with Gasteiger partial charge in [-0.2, -0.15) is 9.29 Å². The summed E-state index contributed by atoms with van der Waals surface area (Å²) in [6, 6.07) is 9.98. The van der Waals surface area contributed by atoms with E-state index in [4.69, 9.17) is 9.26 Å². The van der Waals surface area contributed by atoms with E-state index in [0.29, 0.717) is 11.9 Å². The Balaban J connectivity index is 1.32. The van der Waals surface area contributed by atoms with Gasteiger partial charge in [-0.15, -0.1) is 0 Å². The molecule has 1 aromatic heterocycles. The monoisotopic (exact) mass is 477 g/mol. The number of halogens is 2. The van der Waals surface area contributed by atoms with Crippen molar-refractivity contribution >= 4 is 16.0 Å². The summed E-state index contributed by atoms with van der Waals surface area (Å²) in [4.78, 5) is 16.4. The van der Waals surface area contributed by atoms with Crippen LogP contribution in [-0.4, -0.2) is 41.9 Å². The van der Waals surface area contributed by atoms with Crippen LogP contribution in [0.3, 0.4) is 0 Å². The second-order valence-electron chi connectivity index (χ2n) is 7.69. The molecule has 0 radical (unpaired) electrons. The largest absolute Gasteiger partial charge is 0.455 e. The van der Waals surface area contributed by atoms with Crippen molar-refractivity contribution in [2.24, 2.45) is 5.92 Å². The number of hydrogen-bond donors (Lipinski definition) is 0. The van der Waals surface area contributed by atoms with Crippen molar-refractivity contribution in [2.75, 3.05) is 13.1 Å². The van der Waals surface area contributed by atoms with Crippen molar-refractivity contribution in [1.29, 1.82) is 0 Å². The fourth-order valence-electron chi connectivity index (χ4n) is 3.62. The number of benzene rings is 2. The average molecular weight is 477 g/mol. The van der Waals surface area contributed by atoms with Gasteiger partial charge in [0, 0.05) is 18.7 Å². The molecule has 33 heavy (non-hydrogen) atoms. The second kappa shape index (κ2) is 9.36. The molecule has 0 bridgehead atoms. The number of carbonyl (C=O) groups excluding carboxylic acids is 1. The third-order valence-corrected chi connectivity index (χ3v) is 7.40. The van der Waals surface area contributed by atoms with Crippen LogP contribution >= 0.6 is 0 Å². The molecule has 0 atom stereocenters. The standard InChI is InChI=1S/C22H21F2N3O5S/c1-14-4-2-3-5-17(14)21-25-20(32-26-21)13-31-22(28)15-8-10-27(11-9-15)33(29,30)16-6-7-18(23)19(24)12-16/h2-7,12,15H,8-11,13H2,1H3. The molecule has 8 nitrogen and oxygen atoms in total. The number of piperidine rings is 1. The fraction of sp³-hybridized carbons (Fsp3) is 0.318. The Labute approximate surface area is 189 Å². The van der Waals surface area contributed by atoms with E-state index in [1.165, 1.54) is 0 Å². The zero-order valence-corrected chi connectivity index (χ0v) is 18.5. The predicted molar refractivity (Wildman–Crippen MR) is 112 cm³/mol. The number of esters is 1. The molecular formula is C22H21F2N3O5S. The van der Waals surface area contributed by atoms with Gasteiger partial charge in [0.25, 0.3) is 5.89 Å². The number of nitrogens with zero attached hydrogens (tertiary/aromatic N) is 3. The Hall–Kier alpha value is -3.18. The first kappa shape index (κ1) is 23.0. The molecule has 174 valence electrons. The Bertz CT molecular complexity index is 1270. The lowest BCUT2D eigenvalue weighted by molar-refractivity contribution is -0.152. The third-order valence-electron chi connectivity index (χ3n) is 5.51. The Morgan fingerprint density at radius 2 is 1.88 bits per heavy atom. The number of sulfonamides is 1. The van der Waals surface area contributed by atoms with Crippen LogP contribution < -0.4 is 0 Å². The zero-order valence-electron chi connectivity index (χ0n) is 17.7. The summed E-state index contributed by atoms with van der Waals surface area (Å²) < 4.78 is 63.5. The van der Waals surface area contributed by atoms with E-state index >= 15 is 0 Å². The van der Waals surface area contributed by atoms with Crippen LogP contribution in [0.15, 0.2) is 51.9 Å². The van der Waals surface area contributed by atoms with Crippen LogP contribution in [0.2, 0.25) is 0 Å². The smallest absolute Gasteiger partial charge is 0.309 e. The molecule has 2 heterocycles. The quantitative estimate of drug-likeness (QED) is 0.501. The molecular weight excluding hydrogens is 456 g/mol. The highest BCUT2D eigenvalue weighted by atomic mass is 32.2. The van der Waals surface area contributed by atoms with E-state index in [9.17, 15) is 22.0 Å². The van der Waals surface area contributed by atoms with Gasteiger partial charge >= 0.3 is 5.97 Å². The molecule has 0 spiro atoms. The number of carbonyl (C=O) groups is 1. The summed E-state index contributed by atoms with van der Waals surface area (Å²) in [5, 5.41) is 3.91. The van der Waals surface area contributed by atoms with Crippen molar-refractivity contribution in [2.45, 2.75) is 31.3 Å². The van der Waals surface area contributed by atoms with Gasteiger partial charge in [-0.1, -0.05) is 29.4 Å². The van der Waals surface area contributed by atoms with Gasteiger partial charge in [0.1, 0.15) is 0 Å². The molecule has 1 aliphatic rings. The molecule has 4 rings (SSSR count). The Morgan fingerprint density at radius 1 is 1.15 bits per heavy atom. The lowest BCUT2D eigenvalue weighted by Gasteiger charge is -2.30. The number of aryl methyl sites for hydroxylation is 1. The minimum Gasteiger partial charge on any atom is -0.455 e. The van der Waals surface area contributed by atoms with Crippen LogP contribution in [0, 0.1) is 24.5 Å². The van der Waals surface area contributed by atoms with Gasteiger partial charge in [0.2, 0.25) is 15.8 Å². The Morgan fingerprint density at radius 3 is 2.58 bits per heavy atom. The molecule has 0 amide bonds. The van der Waals surface area contributed by atoms with Crippen molar-refractivity contribution in [3.8, 4) is 11.4 Å². The molecule has 0 saturated carbocycles. The SMILES string of the molecule is Cc1ccccc1-c1noc(COC(=O)C2CCN(S(=O)(=O)c3ccc(F)c(F)c3)CC2)n1. The summed E-state index contributed by atoms with van der Waals surface area (Å²) in [5.74, 6) is -2.80. The molecule has 0 aliphatic carbocycles. The van der Waals surface area contributed by atoms with Crippen LogP contribution in [0.4, 0.5) is 8.78 Å². The van der Waals surface area contributed by atoms with Crippen LogP contribution in [0.1, 0.15) is 24.3 Å². The van der Waals surface area contributed by atoms with E-state index < -0.39 is 33.5 Å². The number of aromatic nitrogens is 2. The van der Waals surface area contributed by atoms with E-state index in [0.717, 1.165) is 27.6 Å². The van der Waals surface area contributed by atoms with Gasteiger partial charge < -0.3 is 9.26 Å². The van der Waals surface area contributed by atoms with E-state index in [1.54, 1.807) is 0 Å². The highest BCUT2D eigenvalue weighted by Gasteiger charge is 2.33. The minimum atomic E-state index is -3.99. The van der Waals surface area contributed by atoms with Crippen LogP contribution in [0.25, 0.3) is 11.4 Å². The van der Waals surface area contributed by atoms with Gasteiger partial charge in [-0.25, -0.2) is 17.2 Å². The first-order valence-electron chi connectivity index (χ1n) is 10.3. The zero-order chi connectivity index (χ0) is 23.6. The lowest BCUT2D eigenvalue weighted by Crippen LogP contribution is -2.40. The van der Waals surface area contributed by atoms with Gasteiger partial charge in [0.15, 0.2) is 18.2 Å². The van der Waals surface area contributed by atoms with Crippen LogP contribution in [-0.2, 0) is 26.2 Å². The molecule has 2 aromatic carbocycles. The van der Waals surface area contributed by atoms with Crippen molar-refractivity contribution in [3.63, 3.8) is 0 Å². The summed E-state index contributed by atoms with van der Waals surface area (Å²) in [6.07, 6.45) is 0.472. The fourth-order valence-corrected chi connectivity index (χ4v) is 5.10. The average Bonchev–Trinajstić information content (AvgIpc) is 3.28. The predicted octanol–water partition coefficient (Wildman–Crippen LogP) is 3.47. The maximum absolute atomic E-state index is 13.5. The van der Waals surface area contributed by atoms with Crippen molar-refractivity contribution in [3.05, 3.63) is 65.6 Å². The molecule has 1 saturated heterocycles. The molecule has 11 heteroatoms. The maximum atomic E-state index is 13.5. The maximum Gasteiger partial charge on any atom is 0.309 e. The normalized spacial score (nSPS) is 15.5. The Kier molecular flexibility index (Phi) is 6.52. The van der Waals surface area contributed by atoms with Gasteiger partial charge in [-0.3, -0.25) is 4.79 Å². The van der Waals surface area contributed by atoms with E-state index in [-0.39, 0.29) is 43.3 Å². The van der Waals surface area contributed by atoms with E-state index in [2.05, 4.69) is 10.1 Å². The van der Waals surface area contributed by atoms with E-state index in [1.807, 2.05) is 31.2 Å². The molecule has 0 N–H and O–H groups in total. The van der Waals surface area contributed by atoms with Crippen LogP contribution in [0.5, 0.6) is 0 Å². The summed E-state index contributed by atoms with van der Waals surface area (Å²) in [6.45, 7) is 1.84. The minimum absolute atomic E-state index is 0.0546. The molecule has 1 fully saturated rings. The number of hydrogen-bond acceptors (Lipinski definition) is 7. The lowest BCUT2D eigenvalue weighted by atomic mass is 9.98. The topological polar surface area (TPSA) is 103 Å². The van der Waals surface area contributed by atoms with Crippen molar-refractivity contribution < 1.29 is 31.3 Å². The highest BCUT2D eigenvalue weighted by molar-refractivity contribution is 7.89.